The van der Waals surface area contributed by atoms with Crippen LogP contribution in [0.15, 0.2) is 24.3 Å². The van der Waals surface area contributed by atoms with Gasteiger partial charge in [-0.25, -0.2) is 0 Å². The molecule has 0 aromatic heterocycles. The number of carbonyl (C=O) groups excluding carboxylic acids is 1. The molecule has 2 bridgehead atoms. The Morgan fingerprint density at radius 2 is 2.19 bits per heavy atom. The van der Waals surface area contributed by atoms with Crippen molar-refractivity contribution in [3.63, 3.8) is 0 Å². The molecule has 0 aliphatic carbocycles. The second-order valence-electron chi connectivity index (χ2n) is 6.55. The van der Waals surface area contributed by atoms with Crippen LogP contribution < -0.4 is 0 Å². The first-order valence-corrected chi connectivity index (χ1v) is 7.67. The molecular weight excluding hydrogens is 264 g/mol. The molecule has 1 amide bonds. The van der Waals surface area contributed by atoms with Crippen LogP contribution in [0.5, 0.6) is 0 Å². The minimum atomic E-state index is 0.0347. The second-order valence-corrected chi connectivity index (χ2v) is 6.55. The third kappa shape index (κ3) is 3.11. The molecule has 21 heavy (non-hydrogen) atoms. The van der Waals surface area contributed by atoms with E-state index >= 15 is 0 Å². The maximum Gasteiger partial charge on any atom is 0.227 e. The van der Waals surface area contributed by atoms with Crippen molar-refractivity contribution in [1.82, 2.24) is 9.80 Å². The molecule has 3 atom stereocenters. The van der Waals surface area contributed by atoms with E-state index < -0.39 is 0 Å². The summed E-state index contributed by atoms with van der Waals surface area (Å²) in [6.07, 6.45) is 1.14. The van der Waals surface area contributed by atoms with Crippen LogP contribution in [0.25, 0.3) is 0 Å². The van der Waals surface area contributed by atoms with Crippen LogP contribution in [0.4, 0.5) is 0 Å². The van der Waals surface area contributed by atoms with Crippen molar-refractivity contribution >= 4 is 5.91 Å². The molecule has 3 rings (SSSR count). The van der Waals surface area contributed by atoms with E-state index in [2.05, 4.69) is 36.1 Å². The minimum Gasteiger partial charge on any atom is -0.371 e. The smallest absolute Gasteiger partial charge is 0.227 e. The lowest BCUT2D eigenvalue weighted by Gasteiger charge is -2.33. The Labute approximate surface area is 126 Å². The molecule has 114 valence electrons. The molecule has 2 saturated heterocycles. The molecule has 1 aromatic carbocycles. The highest BCUT2D eigenvalue weighted by molar-refractivity contribution is 5.79. The normalized spacial score (nSPS) is 28.6. The summed E-state index contributed by atoms with van der Waals surface area (Å²) in [5.41, 5.74) is 2.64. The summed E-state index contributed by atoms with van der Waals surface area (Å²) in [6.45, 7) is 4.86. The van der Waals surface area contributed by atoms with Crippen molar-refractivity contribution in [3.8, 4) is 0 Å². The SMILES string of the molecule is Cc1cccc(CN2C[C@H]3C[C@H](C(=O)N(C)C)[C@@H](C2)O3)c1. The fourth-order valence-electron chi connectivity index (χ4n) is 3.53. The van der Waals surface area contributed by atoms with Gasteiger partial charge in [0.15, 0.2) is 0 Å². The number of rotatable bonds is 3. The average molecular weight is 288 g/mol. The summed E-state index contributed by atoms with van der Waals surface area (Å²) in [5.74, 6) is 0.243. The number of hydrogen-bond acceptors (Lipinski definition) is 3. The number of amides is 1. The number of benzene rings is 1. The van der Waals surface area contributed by atoms with Gasteiger partial charge in [-0.1, -0.05) is 29.8 Å². The lowest BCUT2D eigenvalue weighted by molar-refractivity contribution is -0.136. The summed E-state index contributed by atoms with van der Waals surface area (Å²) in [6, 6.07) is 8.64. The maximum atomic E-state index is 12.2. The Balaban J connectivity index is 1.66. The Kier molecular flexibility index (Phi) is 4.00. The lowest BCUT2D eigenvalue weighted by Crippen LogP contribution is -2.44. The quantitative estimate of drug-likeness (QED) is 0.848. The van der Waals surface area contributed by atoms with Gasteiger partial charge in [-0.05, 0) is 18.9 Å². The van der Waals surface area contributed by atoms with Crippen LogP contribution in [0.2, 0.25) is 0 Å². The Hall–Kier alpha value is -1.39. The minimum absolute atomic E-state index is 0.0347. The summed E-state index contributed by atoms with van der Waals surface area (Å²) < 4.78 is 5.98. The van der Waals surface area contributed by atoms with E-state index in [1.165, 1.54) is 11.1 Å². The van der Waals surface area contributed by atoms with E-state index in [-0.39, 0.29) is 24.0 Å². The van der Waals surface area contributed by atoms with E-state index in [1.807, 2.05) is 14.1 Å². The second kappa shape index (κ2) is 5.78. The highest BCUT2D eigenvalue weighted by atomic mass is 16.5. The van der Waals surface area contributed by atoms with Crippen LogP contribution in [0.3, 0.4) is 0 Å². The third-order valence-corrected chi connectivity index (χ3v) is 4.48. The van der Waals surface area contributed by atoms with Crippen molar-refractivity contribution in [3.05, 3.63) is 35.4 Å². The van der Waals surface area contributed by atoms with Crippen LogP contribution >= 0.6 is 0 Å². The van der Waals surface area contributed by atoms with Crippen molar-refractivity contribution in [2.45, 2.75) is 32.1 Å². The first kappa shape index (κ1) is 14.5. The number of nitrogens with zero attached hydrogens (tertiary/aromatic N) is 2. The molecule has 4 heteroatoms. The Morgan fingerprint density at radius 1 is 1.38 bits per heavy atom. The summed E-state index contributed by atoms with van der Waals surface area (Å²) >= 11 is 0. The number of morpholine rings is 1. The van der Waals surface area contributed by atoms with Crippen LogP contribution in [0.1, 0.15) is 17.5 Å². The number of carbonyl (C=O) groups is 1. The highest BCUT2D eigenvalue weighted by Crippen LogP contribution is 2.33. The number of hydrogen-bond donors (Lipinski definition) is 0. The lowest BCUT2D eigenvalue weighted by atomic mass is 9.99. The first-order chi connectivity index (χ1) is 10.0. The Bertz CT molecular complexity index is 529. The van der Waals surface area contributed by atoms with Gasteiger partial charge in [-0.2, -0.15) is 0 Å². The Morgan fingerprint density at radius 3 is 2.90 bits per heavy atom. The largest absolute Gasteiger partial charge is 0.371 e. The van der Waals surface area contributed by atoms with Gasteiger partial charge in [0.1, 0.15) is 0 Å². The van der Waals surface area contributed by atoms with Gasteiger partial charge in [0.25, 0.3) is 0 Å². The molecule has 0 saturated carbocycles. The molecule has 2 heterocycles. The molecule has 0 unspecified atom stereocenters. The van der Waals surface area contributed by atoms with Crippen LogP contribution in [-0.4, -0.2) is 55.1 Å². The molecule has 0 N–H and O–H groups in total. The maximum absolute atomic E-state index is 12.2. The van der Waals surface area contributed by atoms with Gasteiger partial charge in [0, 0.05) is 33.7 Å². The zero-order valence-corrected chi connectivity index (χ0v) is 13.1. The third-order valence-electron chi connectivity index (χ3n) is 4.48. The molecule has 0 radical (unpaired) electrons. The predicted molar refractivity (Wildman–Crippen MR) is 81.9 cm³/mol. The monoisotopic (exact) mass is 288 g/mol. The first-order valence-electron chi connectivity index (χ1n) is 7.67. The van der Waals surface area contributed by atoms with Crippen molar-refractivity contribution < 1.29 is 9.53 Å². The van der Waals surface area contributed by atoms with E-state index in [4.69, 9.17) is 4.74 Å². The van der Waals surface area contributed by atoms with Crippen molar-refractivity contribution in [1.29, 1.82) is 0 Å². The molecule has 0 spiro atoms. The fraction of sp³-hybridized carbons (Fsp3) is 0.588. The number of likely N-dealkylation sites (tertiary alicyclic amines) is 1. The summed E-state index contributed by atoms with van der Waals surface area (Å²) in [7, 11) is 3.66. The standard InChI is InChI=1S/C17H24N2O2/c1-12-5-4-6-13(7-12)9-19-10-14-8-15(16(11-19)21-14)17(20)18(2)3/h4-7,14-16H,8-11H2,1-3H3/t14-,15+,16-/m1/s1. The van der Waals surface area contributed by atoms with Crippen molar-refractivity contribution in [2.24, 2.45) is 5.92 Å². The number of ether oxygens (including phenoxy) is 1. The van der Waals surface area contributed by atoms with Gasteiger partial charge in [-0.3, -0.25) is 9.69 Å². The predicted octanol–water partition coefficient (Wildman–Crippen LogP) is 1.67. The summed E-state index contributed by atoms with van der Waals surface area (Å²) in [5, 5.41) is 0. The van der Waals surface area contributed by atoms with Crippen molar-refractivity contribution in [2.75, 3.05) is 27.2 Å². The van der Waals surface area contributed by atoms with E-state index in [1.54, 1.807) is 4.90 Å². The fourth-order valence-corrected chi connectivity index (χ4v) is 3.53. The van der Waals surface area contributed by atoms with Gasteiger partial charge < -0.3 is 9.64 Å². The van der Waals surface area contributed by atoms with Crippen LogP contribution in [-0.2, 0) is 16.1 Å². The van der Waals surface area contributed by atoms with E-state index in [0.717, 1.165) is 26.1 Å². The highest BCUT2D eigenvalue weighted by Gasteiger charge is 2.44. The summed E-state index contributed by atoms with van der Waals surface area (Å²) in [4.78, 5) is 16.3. The zero-order valence-electron chi connectivity index (χ0n) is 13.1. The van der Waals surface area contributed by atoms with Gasteiger partial charge in [0.05, 0.1) is 18.1 Å². The van der Waals surface area contributed by atoms with Gasteiger partial charge >= 0.3 is 0 Å². The topological polar surface area (TPSA) is 32.8 Å². The number of aryl methyl sites for hydroxylation is 1. The van der Waals surface area contributed by atoms with Gasteiger partial charge in [0.2, 0.25) is 5.91 Å². The molecule has 2 fully saturated rings. The average Bonchev–Trinajstić information content (AvgIpc) is 2.73. The number of fused-ring (bicyclic) bond motifs is 2. The molecule has 2 aliphatic rings. The van der Waals surface area contributed by atoms with E-state index in [0.29, 0.717) is 0 Å². The molecule has 1 aromatic rings. The van der Waals surface area contributed by atoms with Gasteiger partial charge in [-0.15, -0.1) is 0 Å². The molecule has 4 nitrogen and oxygen atoms in total. The molecule has 2 aliphatic heterocycles. The van der Waals surface area contributed by atoms with E-state index in [9.17, 15) is 4.79 Å². The zero-order chi connectivity index (χ0) is 15.0. The van der Waals surface area contributed by atoms with Crippen LogP contribution in [0, 0.1) is 12.8 Å². The molecular formula is C17H24N2O2.